The summed E-state index contributed by atoms with van der Waals surface area (Å²) in [5.41, 5.74) is 12.1. The average molecular weight is 518 g/mol. The lowest BCUT2D eigenvalue weighted by Crippen LogP contribution is -2.57. The third-order valence-corrected chi connectivity index (χ3v) is 6.06. The lowest BCUT2D eigenvalue weighted by atomic mass is 10.1. The molecule has 0 bridgehead atoms. The minimum atomic E-state index is -1.28. The van der Waals surface area contributed by atoms with E-state index in [0.29, 0.717) is 30.8 Å². The van der Waals surface area contributed by atoms with Crippen LogP contribution in [0.25, 0.3) is 0 Å². The first-order valence-electron chi connectivity index (χ1n) is 11.8. The Balaban J connectivity index is 1.71. The number of amides is 4. The molecule has 0 spiro atoms. The van der Waals surface area contributed by atoms with Crippen LogP contribution in [0.3, 0.4) is 0 Å². The highest BCUT2D eigenvalue weighted by Crippen LogP contribution is 2.19. The lowest BCUT2D eigenvalue weighted by molar-refractivity contribution is -0.143. The van der Waals surface area contributed by atoms with Gasteiger partial charge < -0.3 is 42.1 Å². The van der Waals surface area contributed by atoms with Crippen LogP contribution in [0.5, 0.6) is 0 Å². The third-order valence-electron chi connectivity index (χ3n) is 6.06. The van der Waals surface area contributed by atoms with E-state index >= 15 is 0 Å². The minimum absolute atomic E-state index is 0.00671. The summed E-state index contributed by atoms with van der Waals surface area (Å²) in [6.45, 7) is 0.296. The summed E-state index contributed by atoms with van der Waals surface area (Å²) >= 11 is 0. The van der Waals surface area contributed by atoms with Crippen molar-refractivity contribution in [2.45, 2.75) is 62.7 Å². The van der Waals surface area contributed by atoms with Crippen LogP contribution in [-0.4, -0.2) is 90.3 Å². The van der Waals surface area contributed by atoms with E-state index in [-0.39, 0.29) is 25.7 Å². The fourth-order valence-corrected chi connectivity index (χ4v) is 4.12. The highest BCUT2D eigenvalue weighted by molar-refractivity contribution is 5.94. The topological polar surface area (TPSA) is 242 Å². The third kappa shape index (κ3) is 7.60. The molecule has 1 fully saturated rings. The van der Waals surface area contributed by atoms with Crippen molar-refractivity contribution in [2.75, 3.05) is 6.54 Å². The zero-order valence-electron chi connectivity index (χ0n) is 20.1. The van der Waals surface area contributed by atoms with Crippen molar-refractivity contribution in [3.8, 4) is 0 Å². The van der Waals surface area contributed by atoms with E-state index < -0.39 is 53.8 Å². The van der Waals surface area contributed by atoms with Gasteiger partial charge in [-0.3, -0.25) is 19.2 Å². The second-order valence-electron chi connectivity index (χ2n) is 8.82. The monoisotopic (exact) mass is 517 g/mol. The van der Waals surface area contributed by atoms with Gasteiger partial charge >= 0.3 is 5.97 Å². The number of carboxylic acids is 1. The van der Waals surface area contributed by atoms with Gasteiger partial charge in [0.05, 0.1) is 18.7 Å². The maximum absolute atomic E-state index is 13.2. The van der Waals surface area contributed by atoms with Crippen LogP contribution in [0.1, 0.15) is 37.1 Å². The number of carbonyl (C=O) groups is 5. The van der Waals surface area contributed by atoms with Crippen LogP contribution in [-0.2, 0) is 36.8 Å². The molecule has 1 saturated heterocycles. The summed E-state index contributed by atoms with van der Waals surface area (Å²) in [5, 5.41) is 14.7. The zero-order chi connectivity index (χ0) is 26.9. The van der Waals surface area contributed by atoms with Crippen molar-refractivity contribution in [1.82, 2.24) is 35.5 Å². The number of H-pyrrole nitrogens is 2. The lowest BCUT2D eigenvalue weighted by Gasteiger charge is -2.28. The molecule has 2 aromatic heterocycles. The van der Waals surface area contributed by atoms with Crippen molar-refractivity contribution in [1.29, 1.82) is 0 Å². The van der Waals surface area contributed by atoms with Crippen LogP contribution in [0, 0.1) is 0 Å². The number of carboxylic acid groups (broad SMARTS) is 1. The van der Waals surface area contributed by atoms with Crippen molar-refractivity contribution in [3.63, 3.8) is 0 Å². The summed E-state index contributed by atoms with van der Waals surface area (Å²) < 4.78 is 0. The number of nitrogens with zero attached hydrogens (tertiary/aromatic N) is 3. The van der Waals surface area contributed by atoms with Gasteiger partial charge in [-0.1, -0.05) is 0 Å². The van der Waals surface area contributed by atoms with Gasteiger partial charge in [0.15, 0.2) is 0 Å². The standard InChI is InChI=1S/C22H31N9O6/c23-14(3-4-18(24)32)21(35)31-5-1-2-17(31)20(34)29-15(6-12-8-25-10-27-12)19(33)30-16(22(36)37)7-13-9-26-11-28-13/h8-11,14-17H,1-7,23H2,(H2,24,32)(H,25,27)(H,26,28)(H,29,34)(H,30,33)(H,36,37). The molecule has 9 N–H and O–H groups in total. The van der Waals surface area contributed by atoms with Gasteiger partial charge in [-0.2, -0.15) is 0 Å². The number of aromatic amines is 2. The maximum atomic E-state index is 13.2. The van der Waals surface area contributed by atoms with Crippen molar-refractivity contribution >= 4 is 29.6 Å². The van der Waals surface area contributed by atoms with Gasteiger partial charge in [0.2, 0.25) is 23.6 Å². The summed E-state index contributed by atoms with van der Waals surface area (Å²) in [6, 6.07) is -4.30. The fraction of sp³-hybridized carbons (Fsp3) is 0.500. The smallest absolute Gasteiger partial charge is 0.326 e. The SMILES string of the molecule is NC(=O)CCC(N)C(=O)N1CCCC1C(=O)NC(Cc1cnc[nH]1)C(=O)NC(Cc1cnc[nH]1)C(=O)O. The number of hydrogen-bond donors (Lipinski definition) is 7. The average Bonchev–Trinajstić information content (AvgIpc) is 3.64. The molecule has 3 rings (SSSR count). The first-order valence-corrected chi connectivity index (χ1v) is 11.8. The Hall–Kier alpha value is -4.27. The predicted molar refractivity (Wildman–Crippen MR) is 127 cm³/mol. The van der Waals surface area contributed by atoms with Gasteiger partial charge in [-0.05, 0) is 19.3 Å². The van der Waals surface area contributed by atoms with Crippen LogP contribution in [0.15, 0.2) is 25.0 Å². The Morgan fingerprint density at radius 3 is 2.22 bits per heavy atom. The summed E-state index contributed by atoms with van der Waals surface area (Å²) in [4.78, 5) is 76.7. The number of imidazole rings is 2. The maximum Gasteiger partial charge on any atom is 0.326 e. The second-order valence-corrected chi connectivity index (χ2v) is 8.82. The first-order chi connectivity index (χ1) is 17.7. The number of likely N-dealkylation sites (tertiary alicyclic amines) is 1. The molecule has 1 aliphatic heterocycles. The molecule has 2 aromatic rings. The Morgan fingerprint density at radius 2 is 1.68 bits per heavy atom. The number of rotatable bonds is 13. The van der Waals surface area contributed by atoms with E-state index in [1.165, 1.54) is 29.9 Å². The molecule has 4 amide bonds. The zero-order valence-corrected chi connectivity index (χ0v) is 20.1. The predicted octanol–water partition coefficient (Wildman–Crippen LogP) is -2.44. The van der Waals surface area contributed by atoms with Gasteiger partial charge in [0.1, 0.15) is 18.1 Å². The van der Waals surface area contributed by atoms with E-state index in [4.69, 9.17) is 11.5 Å². The molecule has 0 saturated carbocycles. The number of hydrogen-bond acceptors (Lipinski definition) is 8. The minimum Gasteiger partial charge on any atom is -0.480 e. The fourth-order valence-electron chi connectivity index (χ4n) is 4.12. The van der Waals surface area contributed by atoms with E-state index in [0.717, 1.165) is 0 Å². The number of aliphatic carboxylic acids is 1. The Bertz CT molecular complexity index is 1090. The molecule has 200 valence electrons. The van der Waals surface area contributed by atoms with Gasteiger partial charge in [0, 0.05) is 49.6 Å². The number of aromatic nitrogens is 4. The van der Waals surface area contributed by atoms with Crippen LogP contribution < -0.4 is 22.1 Å². The van der Waals surface area contributed by atoms with Gasteiger partial charge in [0.25, 0.3) is 0 Å². The summed E-state index contributed by atoms with van der Waals surface area (Å²) in [5.74, 6) is -3.62. The highest BCUT2D eigenvalue weighted by Gasteiger charge is 2.38. The largest absolute Gasteiger partial charge is 0.480 e. The molecule has 1 aliphatic rings. The normalized spacial score (nSPS) is 17.5. The van der Waals surface area contributed by atoms with Crippen molar-refractivity contribution in [3.05, 3.63) is 36.4 Å². The number of carbonyl (C=O) groups excluding carboxylic acids is 4. The molecular formula is C22H31N9O6. The van der Waals surface area contributed by atoms with E-state index in [1.807, 2.05) is 0 Å². The number of nitrogens with two attached hydrogens (primary N) is 2. The van der Waals surface area contributed by atoms with Gasteiger partial charge in [-0.25, -0.2) is 14.8 Å². The van der Waals surface area contributed by atoms with E-state index in [9.17, 15) is 29.1 Å². The molecule has 15 heteroatoms. The molecule has 0 aromatic carbocycles. The molecule has 4 atom stereocenters. The van der Waals surface area contributed by atoms with Crippen LogP contribution in [0.2, 0.25) is 0 Å². The number of nitrogens with one attached hydrogen (secondary N) is 4. The summed E-state index contributed by atoms with van der Waals surface area (Å²) in [7, 11) is 0. The quantitative estimate of drug-likeness (QED) is 0.149. The highest BCUT2D eigenvalue weighted by atomic mass is 16.4. The molecule has 0 aliphatic carbocycles. The van der Waals surface area contributed by atoms with Crippen LogP contribution in [0.4, 0.5) is 0 Å². The second kappa shape index (κ2) is 12.6. The summed E-state index contributed by atoms with van der Waals surface area (Å²) in [6.07, 6.45) is 6.60. The van der Waals surface area contributed by atoms with Crippen molar-refractivity contribution < 1.29 is 29.1 Å². The Kier molecular flexibility index (Phi) is 9.32. The molecule has 37 heavy (non-hydrogen) atoms. The van der Waals surface area contributed by atoms with Gasteiger partial charge in [-0.15, -0.1) is 0 Å². The Labute approximate surface area is 211 Å². The van der Waals surface area contributed by atoms with Crippen LogP contribution >= 0.6 is 0 Å². The first kappa shape index (κ1) is 27.3. The molecule has 0 radical (unpaired) electrons. The van der Waals surface area contributed by atoms with E-state index in [2.05, 4.69) is 30.6 Å². The van der Waals surface area contributed by atoms with Crippen molar-refractivity contribution in [2.24, 2.45) is 11.5 Å². The molecule has 15 nitrogen and oxygen atoms in total. The Morgan fingerprint density at radius 1 is 1.05 bits per heavy atom. The molecule has 3 heterocycles. The molecular weight excluding hydrogens is 486 g/mol. The number of primary amides is 1. The molecule has 4 unspecified atom stereocenters. The van der Waals surface area contributed by atoms with E-state index in [1.54, 1.807) is 0 Å².